The monoisotopic (exact) mass is 438 g/mol. The highest BCUT2D eigenvalue weighted by Crippen LogP contribution is 2.24. The minimum Gasteiger partial charge on any atom is -0.325 e. The van der Waals surface area contributed by atoms with Crippen LogP contribution < -0.4 is 10.6 Å². The Balaban J connectivity index is 1.97. The van der Waals surface area contributed by atoms with Crippen LogP contribution in [0.4, 0.5) is 10.5 Å². The van der Waals surface area contributed by atoms with Crippen LogP contribution in [0.3, 0.4) is 0 Å². The van der Waals surface area contributed by atoms with Crippen LogP contribution in [0.1, 0.15) is 46.0 Å². The van der Waals surface area contributed by atoms with Crippen molar-refractivity contribution in [2.45, 2.75) is 56.4 Å². The van der Waals surface area contributed by atoms with Gasteiger partial charge in [0.1, 0.15) is 12.1 Å². The molecular weight excluding hydrogens is 408 g/mol. The number of unbranched alkanes of at least 4 members (excludes halogenated alkanes) is 3. The average molecular weight is 439 g/mol. The van der Waals surface area contributed by atoms with Crippen LogP contribution in [0.25, 0.3) is 0 Å². The van der Waals surface area contributed by atoms with Gasteiger partial charge in [0, 0.05) is 19.8 Å². The van der Waals surface area contributed by atoms with Gasteiger partial charge in [-0.15, -0.1) is 0 Å². The van der Waals surface area contributed by atoms with E-state index in [2.05, 4.69) is 17.6 Å². The maximum Gasteiger partial charge on any atom is 0.325 e. The van der Waals surface area contributed by atoms with E-state index in [9.17, 15) is 22.8 Å². The number of nitrogens with zero attached hydrogens (tertiary/aromatic N) is 2. The zero-order valence-corrected chi connectivity index (χ0v) is 18.7. The Hall–Kier alpha value is -2.46. The van der Waals surface area contributed by atoms with Crippen LogP contribution in [0.5, 0.6) is 0 Å². The Morgan fingerprint density at radius 3 is 2.33 bits per heavy atom. The van der Waals surface area contributed by atoms with Crippen molar-refractivity contribution in [1.29, 1.82) is 0 Å². The van der Waals surface area contributed by atoms with E-state index in [-0.39, 0.29) is 4.90 Å². The summed E-state index contributed by atoms with van der Waals surface area (Å²) in [7, 11) is -0.703. The van der Waals surface area contributed by atoms with Crippen molar-refractivity contribution in [1.82, 2.24) is 14.5 Å². The lowest BCUT2D eigenvalue weighted by Gasteiger charge is -2.21. The predicted molar refractivity (Wildman–Crippen MR) is 113 cm³/mol. The molecule has 1 heterocycles. The molecule has 10 heteroatoms. The second-order valence-corrected chi connectivity index (χ2v) is 9.98. The van der Waals surface area contributed by atoms with E-state index < -0.39 is 40.0 Å². The number of urea groups is 1. The van der Waals surface area contributed by atoms with Crippen LogP contribution in [0.15, 0.2) is 29.2 Å². The molecule has 0 saturated carbocycles. The van der Waals surface area contributed by atoms with Gasteiger partial charge in [0.2, 0.25) is 15.9 Å². The summed E-state index contributed by atoms with van der Waals surface area (Å²) in [5, 5.41) is 5.28. The zero-order valence-electron chi connectivity index (χ0n) is 17.9. The van der Waals surface area contributed by atoms with E-state index in [1.54, 1.807) is 6.92 Å². The third-order valence-corrected chi connectivity index (χ3v) is 6.92. The minimum absolute atomic E-state index is 0.0958. The molecule has 1 unspecified atom stereocenters. The molecule has 0 aliphatic carbocycles. The molecule has 0 bridgehead atoms. The summed E-state index contributed by atoms with van der Waals surface area (Å²) in [5.74, 6) is -0.955. The van der Waals surface area contributed by atoms with Gasteiger partial charge >= 0.3 is 6.03 Å². The highest BCUT2D eigenvalue weighted by molar-refractivity contribution is 7.89. The summed E-state index contributed by atoms with van der Waals surface area (Å²) < 4.78 is 25.3. The van der Waals surface area contributed by atoms with E-state index >= 15 is 0 Å². The SMILES string of the molecule is CCCCCCC1(C)NC(=O)N(CC(=O)Nc2ccc(S(=O)(=O)N(C)C)cc2)C1=O. The molecule has 1 aromatic rings. The fraction of sp³-hybridized carbons (Fsp3) is 0.550. The first-order valence-electron chi connectivity index (χ1n) is 9.98. The lowest BCUT2D eigenvalue weighted by Crippen LogP contribution is -2.44. The van der Waals surface area contributed by atoms with Gasteiger partial charge in [0.25, 0.3) is 5.91 Å². The smallest absolute Gasteiger partial charge is 0.325 e. The van der Waals surface area contributed by atoms with Crippen molar-refractivity contribution in [2.24, 2.45) is 0 Å². The van der Waals surface area contributed by atoms with Gasteiger partial charge in [-0.2, -0.15) is 0 Å². The standard InChI is InChI=1S/C20H30N4O5S/c1-5-6-7-8-13-20(2)18(26)24(19(27)22-20)14-17(25)21-15-9-11-16(12-10-15)30(28,29)23(3)4/h9-12H,5-8,13-14H2,1-4H3,(H,21,25)(H,22,27). The molecule has 1 fully saturated rings. The molecule has 2 rings (SSSR count). The summed E-state index contributed by atoms with van der Waals surface area (Å²) in [6.07, 6.45) is 4.47. The van der Waals surface area contributed by atoms with Crippen molar-refractivity contribution >= 4 is 33.6 Å². The van der Waals surface area contributed by atoms with Crippen LogP contribution in [-0.2, 0) is 19.6 Å². The molecule has 1 aliphatic rings. The summed E-state index contributed by atoms with van der Waals surface area (Å²) in [6, 6.07) is 5.09. The van der Waals surface area contributed by atoms with Crippen LogP contribution >= 0.6 is 0 Å². The highest BCUT2D eigenvalue weighted by atomic mass is 32.2. The number of hydrogen-bond donors (Lipinski definition) is 2. The van der Waals surface area contributed by atoms with Crippen molar-refractivity contribution in [3.05, 3.63) is 24.3 Å². The molecule has 2 N–H and O–H groups in total. The summed E-state index contributed by atoms with van der Waals surface area (Å²) in [5.41, 5.74) is -0.625. The number of amides is 4. The van der Waals surface area contributed by atoms with E-state index in [4.69, 9.17) is 0 Å². The topological polar surface area (TPSA) is 116 Å². The van der Waals surface area contributed by atoms with Gasteiger partial charge in [-0.3, -0.25) is 14.5 Å². The quantitative estimate of drug-likeness (QED) is 0.429. The van der Waals surface area contributed by atoms with Gasteiger partial charge in [-0.1, -0.05) is 32.6 Å². The van der Waals surface area contributed by atoms with E-state index in [1.165, 1.54) is 38.4 Å². The minimum atomic E-state index is -3.57. The third kappa shape index (κ3) is 5.37. The van der Waals surface area contributed by atoms with Crippen LogP contribution in [-0.4, -0.2) is 61.6 Å². The van der Waals surface area contributed by atoms with Crippen molar-refractivity contribution in [3.63, 3.8) is 0 Å². The van der Waals surface area contributed by atoms with Gasteiger partial charge in [0.05, 0.1) is 4.90 Å². The highest BCUT2D eigenvalue weighted by Gasteiger charge is 2.47. The van der Waals surface area contributed by atoms with Crippen LogP contribution in [0.2, 0.25) is 0 Å². The molecule has 9 nitrogen and oxygen atoms in total. The Morgan fingerprint density at radius 2 is 1.77 bits per heavy atom. The zero-order chi connectivity index (χ0) is 22.5. The molecule has 1 aliphatic heterocycles. The van der Waals surface area contributed by atoms with E-state index in [1.807, 2.05) is 0 Å². The molecule has 0 radical (unpaired) electrons. The number of benzene rings is 1. The number of hydrogen-bond acceptors (Lipinski definition) is 5. The molecule has 0 spiro atoms. The van der Waals surface area contributed by atoms with E-state index in [0.717, 1.165) is 34.9 Å². The first kappa shape index (κ1) is 23.8. The van der Waals surface area contributed by atoms with Crippen molar-refractivity contribution < 1.29 is 22.8 Å². The van der Waals surface area contributed by atoms with Gasteiger partial charge in [0.15, 0.2) is 0 Å². The van der Waals surface area contributed by atoms with Crippen LogP contribution in [0, 0.1) is 0 Å². The number of carbonyl (C=O) groups is 3. The normalized spacial score (nSPS) is 19.3. The Morgan fingerprint density at radius 1 is 1.13 bits per heavy atom. The number of nitrogens with one attached hydrogen (secondary N) is 2. The molecule has 166 valence electrons. The number of rotatable bonds is 10. The number of carbonyl (C=O) groups excluding carboxylic acids is 3. The second kappa shape index (κ2) is 9.57. The predicted octanol–water partition coefficient (Wildman–Crippen LogP) is 2.16. The first-order chi connectivity index (χ1) is 14.0. The first-order valence-corrected chi connectivity index (χ1v) is 11.4. The molecule has 1 aromatic carbocycles. The number of anilines is 1. The maximum absolute atomic E-state index is 12.7. The van der Waals surface area contributed by atoms with Gasteiger partial charge in [-0.25, -0.2) is 17.5 Å². The lowest BCUT2D eigenvalue weighted by molar-refractivity contribution is -0.133. The Kier molecular flexibility index (Phi) is 7.59. The summed E-state index contributed by atoms with van der Waals surface area (Å²) in [4.78, 5) is 38.3. The Labute approximate surface area is 177 Å². The molecule has 1 saturated heterocycles. The van der Waals surface area contributed by atoms with Crippen molar-refractivity contribution in [2.75, 3.05) is 26.0 Å². The number of sulfonamides is 1. The lowest BCUT2D eigenvalue weighted by atomic mass is 9.94. The molecule has 0 aromatic heterocycles. The third-order valence-electron chi connectivity index (χ3n) is 5.09. The molecule has 4 amide bonds. The molecule has 30 heavy (non-hydrogen) atoms. The fourth-order valence-electron chi connectivity index (χ4n) is 3.23. The summed E-state index contributed by atoms with van der Waals surface area (Å²) in [6.45, 7) is 3.37. The summed E-state index contributed by atoms with van der Waals surface area (Å²) >= 11 is 0. The largest absolute Gasteiger partial charge is 0.325 e. The van der Waals surface area contributed by atoms with Gasteiger partial charge < -0.3 is 10.6 Å². The fourth-order valence-corrected chi connectivity index (χ4v) is 4.13. The van der Waals surface area contributed by atoms with E-state index in [0.29, 0.717) is 12.1 Å². The molecular formula is C20H30N4O5S. The second-order valence-electron chi connectivity index (χ2n) is 7.82. The number of imide groups is 1. The maximum atomic E-state index is 12.7. The molecule has 1 atom stereocenters. The average Bonchev–Trinajstić information content (AvgIpc) is 2.89. The Bertz CT molecular complexity index is 898. The van der Waals surface area contributed by atoms with Crippen molar-refractivity contribution in [3.8, 4) is 0 Å². The van der Waals surface area contributed by atoms with Gasteiger partial charge in [-0.05, 0) is 37.6 Å².